The first kappa shape index (κ1) is 19.8. The van der Waals surface area contributed by atoms with Crippen LogP contribution in [0, 0.1) is 0 Å². The molecule has 0 saturated carbocycles. The molecular weight excluding hydrogens is 419 g/mol. The fourth-order valence-corrected chi connectivity index (χ4v) is 3.99. The molecule has 0 aromatic heterocycles. The van der Waals surface area contributed by atoms with Crippen LogP contribution in [0.4, 0.5) is 18.9 Å². The zero-order chi connectivity index (χ0) is 18.7. The van der Waals surface area contributed by atoms with Gasteiger partial charge < -0.3 is 0 Å². The van der Waals surface area contributed by atoms with Crippen molar-refractivity contribution in [1.82, 2.24) is 0 Å². The minimum atomic E-state index is -4.63. The van der Waals surface area contributed by atoms with Crippen LogP contribution in [-0.4, -0.2) is 8.42 Å². The first-order valence-electron chi connectivity index (χ1n) is 7.61. The molecule has 1 N–H and O–H groups in total. The first-order valence-corrected chi connectivity index (χ1v) is 9.89. The number of alkyl halides is 3. The third-order valence-electron chi connectivity index (χ3n) is 3.53. The maximum atomic E-state index is 12.9. The molecule has 136 valence electrons. The number of nitrogens with one attached hydrogen (secondary N) is 1. The molecule has 0 radical (unpaired) electrons. The summed E-state index contributed by atoms with van der Waals surface area (Å²) in [5.74, 6) is 0. The fraction of sp³-hybridized carbons (Fsp3) is 0.294. The Morgan fingerprint density at radius 1 is 1.08 bits per heavy atom. The standard InChI is InChI=1S/C17H17BrF3NO2S/c1-2-3-4-12-5-7-15(8-6-12)22-25(23,24)16-10-13(17(19,20)21)9-14(18)11-16/h5-11,22H,2-4H2,1H3. The van der Waals surface area contributed by atoms with Gasteiger partial charge in [-0.05, 0) is 48.7 Å². The number of benzene rings is 2. The predicted octanol–water partition coefficient (Wildman–Crippen LogP) is 5.61. The summed E-state index contributed by atoms with van der Waals surface area (Å²) < 4.78 is 65.7. The molecule has 25 heavy (non-hydrogen) atoms. The minimum absolute atomic E-state index is 0.0395. The van der Waals surface area contributed by atoms with Crippen LogP contribution in [0.5, 0.6) is 0 Å². The molecule has 0 fully saturated rings. The van der Waals surface area contributed by atoms with Gasteiger partial charge in [-0.15, -0.1) is 0 Å². The van der Waals surface area contributed by atoms with Crippen LogP contribution in [0.3, 0.4) is 0 Å². The average molecular weight is 436 g/mol. The van der Waals surface area contributed by atoms with Crippen molar-refractivity contribution in [3.63, 3.8) is 0 Å². The second-order valence-corrected chi connectivity index (χ2v) is 8.18. The normalized spacial score (nSPS) is 12.2. The lowest BCUT2D eigenvalue weighted by Crippen LogP contribution is -2.15. The van der Waals surface area contributed by atoms with Gasteiger partial charge in [-0.2, -0.15) is 13.2 Å². The molecule has 0 aliphatic rings. The second kappa shape index (κ2) is 7.78. The smallest absolute Gasteiger partial charge is 0.280 e. The Morgan fingerprint density at radius 3 is 2.28 bits per heavy atom. The summed E-state index contributed by atoms with van der Waals surface area (Å²) >= 11 is 2.92. The number of hydrogen-bond acceptors (Lipinski definition) is 2. The van der Waals surface area contributed by atoms with Gasteiger partial charge in [0.1, 0.15) is 0 Å². The van der Waals surface area contributed by atoms with Gasteiger partial charge in [-0.25, -0.2) is 8.42 Å². The molecule has 0 unspecified atom stereocenters. The highest BCUT2D eigenvalue weighted by atomic mass is 79.9. The molecule has 2 aromatic carbocycles. The van der Waals surface area contributed by atoms with Crippen molar-refractivity contribution < 1.29 is 21.6 Å². The molecule has 0 heterocycles. The summed E-state index contributed by atoms with van der Waals surface area (Å²) in [5, 5.41) is 0. The molecular formula is C17H17BrF3NO2S. The van der Waals surface area contributed by atoms with E-state index in [0.717, 1.165) is 37.0 Å². The summed E-state index contributed by atoms with van der Waals surface area (Å²) in [5.41, 5.74) is 0.345. The van der Waals surface area contributed by atoms with Crippen molar-refractivity contribution in [2.75, 3.05) is 4.72 Å². The summed E-state index contributed by atoms with van der Waals surface area (Å²) in [4.78, 5) is -0.454. The van der Waals surface area contributed by atoms with Crippen LogP contribution in [0.2, 0.25) is 0 Å². The monoisotopic (exact) mass is 435 g/mol. The summed E-state index contributed by atoms with van der Waals surface area (Å²) in [6.07, 6.45) is -1.65. The molecule has 0 atom stereocenters. The second-order valence-electron chi connectivity index (χ2n) is 5.58. The Kier molecular flexibility index (Phi) is 6.16. The van der Waals surface area contributed by atoms with Gasteiger partial charge in [0, 0.05) is 10.2 Å². The molecule has 2 aromatic rings. The van der Waals surface area contributed by atoms with Gasteiger partial charge in [-0.3, -0.25) is 4.72 Å². The van der Waals surface area contributed by atoms with Crippen molar-refractivity contribution in [2.45, 2.75) is 37.3 Å². The largest absolute Gasteiger partial charge is 0.416 e. The van der Waals surface area contributed by atoms with E-state index in [-0.39, 0.29) is 4.47 Å². The number of rotatable bonds is 6. The zero-order valence-electron chi connectivity index (χ0n) is 13.4. The average Bonchev–Trinajstić information content (AvgIpc) is 2.52. The quantitative estimate of drug-likeness (QED) is 0.640. The van der Waals surface area contributed by atoms with E-state index in [1.165, 1.54) is 0 Å². The zero-order valence-corrected chi connectivity index (χ0v) is 15.8. The number of anilines is 1. The van der Waals surface area contributed by atoms with E-state index in [9.17, 15) is 21.6 Å². The lowest BCUT2D eigenvalue weighted by molar-refractivity contribution is -0.137. The molecule has 2 rings (SSSR count). The fourth-order valence-electron chi connectivity index (χ4n) is 2.22. The highest BCUT2D eigenvalue weighted by Gasteiger charge is 2.32. The number of halogens is 4. The van der Waals surface area contributed by atoms with E-state index < -0.39 is 26.7 Å². The van der Waals surface area contributed by atoms with Crippen LogP contribution in [0.15, 0.2) is 51.8 Å². The van der Waals surface area contributed by atoms with Crippen molar-refractivity contribution in [2.24, 2.45) is 0 Å². The molecule has 0 saturated heterocycles. The number of hydrogen-bond donors (Lipinski definition) is 1. The van der Waals surface area contributed by atoms with Crippen molar-refractivity contribution in [3.05, 3.63) is 58.1 Å². The molecule has 0 aliphatic heterocycles. The van der Waals surface area contributed by atoms with Gasteiger partial charge in [0.2, 0.25) is 0 Å². The molecule has 0 spiro atoms. The van der Waals surface area contributed by atoms with E-state index in [1.54, 1.807) is 24.3 Å². The SMILES string of the molecule is CCCCc1ccc(NS(=O)(=O)c2cc(Br)cc(C(F)(F)F)c2)cc1. The molecule has 0 amide bonds. The van der Waals surface area contributed by atoms with Crippen molar-refractivity contribution in [3.8, 4) is 0 Å². The van der Waals surface area contributed by atoms with Crippen LogP contribution in [0.1, 0.15) is 30.9 Å². The molecule has 8 heteroatoms. The lowest BCUT2D eigenvalue weighted by atomic mass is 10.1. The van der Waals surface area contributed by atoms with Gasteiger partial charge in [-0.1, -0.05) is 41.4 Å². The van der Waals surface area contributed by atoms with E-state index in [4.69, 9.17) is 0 Å². The number of sulfonamides is 1. The van der Waals surface area contributed by atoms with Crippen LogP contribution >= 0.6 is 15.9 Å². The Labute approximate surface area is 153 Å². The summed E-state index contributed by atoms with van der Waals surface area (Å²) in [6, 6.07) is 9.39. The number of unbranched alkanes of at least 4 members (excludes halogenated alkanes) is 1. The first-order chi connectivity index (χ1) is 11.6. The highest BCUT2D eigenvalue weighted by Crippen LogP contribution is 2.33. The van der Waals surface area contributed by atoms with Crippen molar-refractivity contribution in [1.29, 1.82) is 0 Å². The highest BCUT2D eigenvalue weighted by molar-refractivity contribution is 9.10. The van der Waals surface area contributed by atoms with E-state index in [0.29, 0.717) is 11.8 Å². The predicted molar refractivity (Wildman–Crippen MR) is 95.0 cm³/mol. The van der Waals surface area contributed by atoms with E-state index >= 15 is 0 Å². The van der Waals surface area contributed by atoms with E-state index in [1.807, 2.05) is 0 Å². The van der Waals surface area contributed by atoms with Gasteiger partial charge >= 0.3 is 6.18 Å². The Hall–Kier alpha value is -1.54. The Morgan fingerprint density at radius 2 is 1.72 bits per heavy atom. The van der Waals surface area contributed by atoms with Gasteiger partial charge in [0.05, 0.1) is 10.5 Å². The maximum absolute atomic E-state index is 12.9. The van der Waals surface area contributed by atoms with Crippen LogP contribution < -0.4 is 4.72 Å². The summed E-state index contributed by atoms with van der Waals surface area (Å²) in [7, 11) is -4.13. The number of aryl methyl sites for hydroxylation is 1. The minimum Gasteiger partial charge on any atom is -0.280 e. The Bertz CT molecular complexity index is 834. The van der Waals surface area contributed by atoms with Crippen LogP contribution in [0.25, 0.3) is 0 Å². The Balaban J connectivity index is 2.26. The summed E-state index contributed by atoms with van der Waals surface area (Å²) in [6.45, 7) is 2.08. The van der Waals surface area contributed by atoms with E-state index in [2.05, 4.69) is 27.6 Å². The topological polar surface area (TPSA) is 46.2 Å². The van der Waals surface area contributed by atoms with Gasteiger partial charge in [0.15, 0.2) is 0 Å². The molecule has 0 bridgehead atoms. The van der Waals surface area contributed by atoms with Gasteiger partial charge in [0.25, 0.3) is 10.0 Å². The lowest BCUT2D eigenvalue weighted by Gasteiger charge is -2.12. The molecule has 3 nitrogen and oxygen atoms in total. The van der Waals surface area contributed by atoms with Crippen molar-refractivity contribution >= 4 is 31.6 Å². The molecule has 0 aliphatic carbocycles. The third kappa shape index (κ3) is 5.47. The third-order valence-corrected chi connectivity index (χ3v) is 5.35. The maximum Gasteiger partial charge on any atom is 0.416 e. The van der Waals surface area contributed by atoms with Crippen LogP contribution in [-0.2, 0) is 22.6 Å².